The van der Waals surface area contributed by atoms with Gasteiger partial charge in [-0.2, -0.15) is 0 Å². The van der Waals surface area contributed by atoms with Crippen molar-refractivity contribution in [3.63, 3.8) is 0 Å². The lowest BCUT2D eigenvalue weighted by molar-refractivity contribution is 0.0861. The van der Waals surface area contributed by atoms with Crippen LogP contribution >= 0.6 is 0 Å². The molecule has 76 valence electrons. The largest absolute Gasteiger partial charge is 0.461 e. The third kappa shape index (κ3) is 1.38. The first-order valence-electron chi connectivity index (χ1n) is 5.05. The molecule has 0 unspecified atom stereocenters. The van der Waals surface area contributed by atoms with Crippen LogP contribution in [0.15, 0.2) is 10.7 Å². The van der Waals surface area contributed by atoms with Crippen molar-refractivity contribution in [3.8, 4) is 0 Å². The number of aliphatic hydroxyl groups excluding tert-OH is 1. The molecular formula is C11H14O3. The van der Waals surface area contributed by atoms with E-state index in [1.807, 2.05) is 0 Å². The van der Waals surface area contributed by atoms with Crippen LogP contribution in [0.3, 0.4) is 0 Å². The zero-order valence-corrected chi connectivity index (χ0v) is 8.25. The fraction of sp³-hybridized carbons (Fsp3) is 0.545. The van der Waals surface area contributed by atoms with Gasteiger partial charge in [-0.15, -0.1) is 0 Å². The van der Waals surface area contributed by atoms with E-state index in [0.717, 1.165) is 24.0 Å². The lowest BCUT2D eigenvalue weighted by atomic mass is 9.91. The van der Waals surface area contributed by atoms with Gasteiger partial charge >= 0.3 is 0 Å². The molecular weight excluding hydrogens is 180 g/mol. The Morgan fingerprint density at radius 2 is 2.43 bits per heavy atom. The first kappa shape index (κ1) is 9.46. The number of carbonyl (C=O) groups is 1. The minimum absolute atomic E-state index is 0.0210. The topological polar surface area (TPSA) is 50.4 Å². The molecule has 2 rings (SSSR count). The summed E-state index contributed by atoms with van der Waals surface area (Å²) in [6.07, 6.45) is 3.88. The van der Waals surface area contributed by atoms with Gasteiger partial charge in [0.2, 0.25) is 0 Å². The van der Waals surface area contributed by atoms with Crippen molar-refractivity contribution in [2.24, 2.45) is 0 Å². The molecule has 0 fully saturated rings. The number of fused-ring (bicyclic) bond motifs is 1. The van der Waals surface area contributed by atoms with Crippen LogP contribution < -0.4 is 0 Å². The van der Waals surface area contributed by atoms with Gasteiger partial charge in [0.25, 0.3) is 0 Å². The first-order valence-corrected chi connectivity index (χ1v) is 5.05. The van der Waals surface area contributed by atoms with Crippen LogP contribution in [-0.4, -0.2) is 10.9 Å². The molecule has 3 nitrogen and oxygen atoms in total. The third-order valence-electron chi connectivity index (χ3n) is 2.66. The Balaban J connectivity index is 2.42. The summed E-state index contributed by atoms with van der Waals surface area (Å²) in [5.41, 5.74) is 1.73. The summed E-state index contributed by atoms with van der Waals surface area (Å²) < 4.78 is 5.21. The molecule has 1 aliphatic rings. The van der Waals surface area contributed by atoms with E-state index in [-0.39, 0.29) is 5.78 Å². The number of furan rings is 1. The van der Waals surface area contributed by atoms with Gasteiger partial charge in [0.15, 0.2) is 11.5 Å². The maximum atomic E-state index is 11.4. The van der Waals surface area contributed by atoms with E-state index in [4.69, 9.17) is 4.42 Å². The van der Waals surface area contributed by atoms with Crippen molar-refractivity contribution in [1.29, 1.82) is 0 Å². The summed E-state index contributed by atoms with van der Waals surface area (Å²) >= 11 is 0. The lowest BCUT2D eigenvalue weighted by Crippen LogP contribution is -2.14. The van der Waals surface area contributed by atoms with Gasteiger partial charge < -0.3 is 9.52 Å². The van der Waals surface area contributed by atoms with E-state index in [9.17, 15) is 9.90 Å². The normalized spacial score (nSPS) is 21.0. The molecule has 0 saturated carbocycles. The van der Waals surface area contributed by atoms with Gasteiger partial charge in [0.05, 0.1) is 12.4 Å². The SMILES string of the molecule is CCCc1coc2c1[C@@H](O)CCC2=O. The molecule has 0 aromatic carbocycles. The Labute approximate surface area is 82.7 Å². The Morgan fingerprint density at radius 3 is 3.14 bits per heavy atom. The second-order valence-corrected chi connectivity index (χ2v) is 3.73. The molecule has 3 heteroatoms. The second kappa shape index (κ2) is 3.58. The van der Waals surface area contributed by atoms with Crippen LogP contribution in [-0.2, 0) is 6.42 Å². The Kier molecular flexibility index (Phi) is 2.42. The molecule has 1 atom stereocenters. The van der Waals surface area contributed by atoms with Crippen molar-refractivity contribution in [2.75, 3.05) is 0 Å². The van der Waals surface area contributed by atoms with Gasteiger partial charge in [-0.1, -0.05) is 13.3 Å². The van der Waals surface area contributed by atoms with E-state index in [1.165, 1.54) is 0 Å². The van der Waals surface area contributed by atoms with Crippen molar-refractivity contribution < 1.29 is 14.3 Å². The number of hydrogen-bond acceptors (Lipinski definition) is 3. The van der Waals surface area contributed by atoms with Gasteiger partial charge in [0.1, 0.15) is 0 Å². The zero-order valence-electron chi connectivity index (χ0n) is 8.25. The molecule has 1 aromatic heterocycles. The Bertz CT molecular complexity index is 351. The predicted molar refractivity (Wildman–Crippen MR) is 51.2 cm³/mol. The lowest BCUT2D eigenvalue weighted by Gasteiger charge is -2.16. The van der Waals surface area contributed by atoms with Crippen molar-refractivity contribution in [2.45, 2.75) is 38.7 Å². The highest BCUT2D eigenvalue weighted by molar-refractivity contribution is 5.96. The summed E-state index contributed by atoms with van der Waals surface area (Å²) in [4.78, 5) is 11.4. The van der Waals surface area contributed by atoms with Crippen LogP contribution in [0, 0.1) is 0 Å². The summed E-state index contributed by atoms with van der Waals surface area (Å²) in [6, 6.07) is 0. The first-order chi connectivity index (χ1) is 6.74. The number of aryl methyl sites for hydroxylation is 1. The summed E-state index contributed by atoms with van der Waals surface area (Å²) in [7, 11) is 0. The second-order valence-electron chi connectivity index (χ2n) is 3.73. The summed E-state index contributed by atoms with van der Waals surface area (Å²) in [5, 5.41) is 9.76. The number of carbonyl (C=O) groups excluding carboxylic acids is 1. The quantitative estimate of drug-likeness (QED) is 0.785. The third-order valence-corrected chi connectivity index (χ3v) is 2.66. The maximum absolute atomic E-state index is 11.4. The van der Waals surface area contributed by atoms with E-state index in [0.29, 0.717) is 18.6 Å². The standard InChI is InChI=1S/C11H14O3/c1-2-3-7-6-14-11-9(13)5-4-8(12)10(7)11/h6,8,12H,2-5H2,1H3/t8-/m0/s1. The van der Waals surface area contributed by atoms with E-state index < -0.39 is 6.10 Å². The molecule has 14 heavy (non-hydrogen) atoms. The summed E-state index contributed by atoms with van der Waals surface area (Å²) in [5.74, 6) is 0.403. The monoisotopic (exact) mass is 194 g/mol. The fourth-order valence-corrected chi connectivity index (χ4v) is 1.97. The minimum Gasteiger partial charge on any atom is -0.461 e. The Morgan fingerprint density at radius 1 is 1.64 bits per heavy atom. The van der Waals surface area contributed by atoms with Crippen molar-refractivity contribution in [3.05, 3.63) is 23.2 Å². The smallest absolute Gasteiger partial charge is 0.198 e. The molecule has 1 heterocycles. The summed E-state index contributed by atoms with van der Waals surface area (Å²) in [6.45, 7) is 2.07. The molecule has 0 saturated heterocycles. The maximum Gasteiger partial charge on any atom is 0.198 e. The van der Waals surface area contributed by atoms with Gasteiger partial charge in [-0.3, -0.25) is 4.79 Å². The van der Waals surface area contributed by atoms with E-state index in [2.05, 4.69) is 6.92 Å². The molecule has 0 radical (unpaired) electrons. The molecule has 0 amide bonds. The highest BCUT2D eigenvalue weighted by Gasteiger charge is 2.29. The zero-order chi connectivity index (χ0) is 10.1. The minimum atomic E-state index is -0.511. The fourth-order valence-electron chi connectivity index (χ4n) is 1.97. The van der Waals surface area contributed by atoms with E-state index in [1.54, 1.807) is 6.26 Å². The highest BCUT2D eigenvalue weighted by Crippen LogP contribution is 2.34. The number of ketones is 1. The van der Waals surface area contributed by atoms with Crippen LogP contribution in [0.1, 0.15) is 54.0 Å². The van der Waals surface area contributed by atoms with Crippen LogP contribution in [0.2, 0.25) is 0 Å². The van der Waals surface area contributed by atoms with Crippen LogP contribution in [0.5, 0.6) is 0 Å². The van der Waals surface area contributed by atoms with Gasteiger partial charge in [0, 0.05) is 12.0 Å². The van der Waals surface area contributed by atoms with E-state index >= 15 is 0 Å². The number of Topliss-reactive ketones (excluding diaryl/α,β-unsaturated/α-hetero) is 1. The average Bonchev–Trinajstić information content (AvgIpc) is 2.58. The number of hydrogen-bond donors (Lipinski definition) is 1. The van der Waals surface area contributed by atoms with Crippen LogP contribution in [0.25, 0.3) is 0 Å². The van der Waals surface area contributed by atoms with Gasteiger partial charge in [-0.25, -0.2) is 0 Å². The average molecular weight is 194 g/mol. The molecule has 0 spiro atoms. The highest BCUT2D eigenvalue weighted by atomic mass is 16.3. The van der Waals surface area contributed by atoms with Crippen LogP contribution in [0.4, 0.5) is 0 Å². The predicted octanol–water partition coefficient (Wildman–Crippen LogP) is 2.24. The van der Waals surface area contributed by atoms with Crippen molar-refractivity contribution in [1.82, 2.24) is 0 Å². The molecule has 1 N–H and O–H groups in total. The molecule has 1 aliphatic carbocycles. The number of rotatable bonds is 2. The van der Waals surface area contributed by atoms with Gasteiger partial charge in [-0.05, 0) is 18.4 Å². The molecule has 0 aliphatic heterocycles. The Hall–Kier alpha value is -1.09. The van der Waals surface area contributed by atoms with Crippen molar-refractivity contribution >= 4 is 5.78 Å². The molecule has 1 aromatic rings. The molecule has 0 bridgehead atoms. The number of aliphatic hydroxyl groups is 1.